The zero-order chi connectivity index (χ0) is 27.6. The van der Waals surface area contributed by atoms with Crippen LogP contribution in [-0.2, 0) is 4.74 Å². The zero-order valence-corrected chi connectivity index (χ0v) is 26.9. The van der Waals surface area contributed by atoms with Crippen LogP contribution in [0.25, 0.3) is 0 Å². The summed E-state index contributed by atoms with van der Waals surface area (Å²) in [5, 5.41) is 0. The van der Waals surface area contributed by atoms with Crippen LogP contribution in [0.2, 0.25) is 0 Å². The van der Waals surface area contributed by atoms with E-state index < -0.39 is 0 Å². The van der Waals surface area contributed by atoms with Gasteiger partial charge in [-0.05, 0) is 25.7 Å². The lowest BCUT2D eigenvalue weighted by atomic mass is 9.89. The highest BCUT2D eigenvalue weighted by Crippen LogP contribution is 2.41. The molecule has 0 aromatic heterocycles. The second-order valence-corrected chi connectivity index (χ2v) is 13.3. The first-order valence-corrected chi connectivity index (χ1v) is 18.1. The highest BCUT2D eigenvalue weighted by atomic mass is 16.6. The summed E-state index contributed by atoms with van der Waals surface area (Å²) in [6.07, 6.45) is 43.2. The average molecular weight is 536 g/mol. The summed E-state index contributed by atoms with van der Waals surface area (Å²) in [6, 6.07) is 0. The normalized spacial score (nSPS) is 19.0. The SMILES string of the molecule is CCCCCCCCCCCCCCCCC(CCCCCCCCCCCCCCCC)C1OC1(C)N. The topological polar surface area (TPSA) is 38.5 Å². The number of ether oxygens (including phenoxy) is 1. The third kappa shape index (κ3) is 21.7. The summed E-state index contributed by atoms with van der Waals surface area (Å²) in [5.74, 6) is 0.694. The Morgan fingerprint density at radius 2 is 0.658 bits per heavy atom. The van der Waals surface area contributed by atoms with E-state index in [1.807, 2.05) is 0 Å². The monoisotopic (exact) mass is 536 g/mol. The Morgan fingerprint density at radius 3 is 0.868 bits per heavy atom. The molecule has 0 spiro atoms. The molecule has 228 valence electrons. The van der Waals surface area contributed by atoms with Crippen LogP contribution in [0.15, 0.2) is 0 Å². The van der Waals surface area contributed by atoms with Crippen LogP contribution in [0.4, 0.5) is 0 Å². The molecule has 0 aliphatic carbocycles. The van der Waals surface area contributed by atoms with Crippen molar-refractivity contribution in [3.8, 4) is 0 Å². The quantitative estimate of drug-likeness (QED) is 0.0708. The predicted molar refractivity (Wildman–Crippen MR) is 171 cm³/mol. The van der Waals surface area contributed by atoms with Gasteiger partial charge in [0.15, 0.2) is 0 Å². The Hall–Kier alpha value is -0.0800. The molecule has 2 N–H and O–H groups in total. The molecule has 1 aliphatic heterocycles. The van der Waals surface area contributed by atoms with Gasteiger partial charge in [0, 0.05) is 0 Å². The van der Waals surface area contributed by atoms with Gasteiger partial charge in [-0.15, -0.1) is 0 Å². The van der Waals surface area contributed by atoms with Crippen molar-refractivity contribution in [2.45, 2.75) is 225 Å². The van der Waals surface area contributed by atoms with Gasteiger partial charge in [0.25, 0.3) is 0 Å². The van der Waals surface area contributed by atoms with Gasteiger partial charge in [0.05, 0.1) is 0 Å². The summed E-state index contributed by atoms with van der Waals surface area (Å²) in [7, 11) is 0. The average Bonchev–Trinajstić information content (AvgIpc) is 3.55. The molecule has 1 saturated heterocycles. The molecule has 2 nitrogen and oxygen atoms in total. The number of unbranched alkanes of at least 4 members (excludes halogenated alkanes) is 26. The second kappa shape index (κ2) is 25.9. The minimum Gasteiger partial charge on any atom is -0.350 e. The van der Waals surface area contributed by atoms with Gasteiger partial charge < -0.3 is 10.5 Å². The molecular formula is C36H73NO. The molecule has 0 aromatic carbocycles. The third-order valence-corrected chi connectivity index (χ3v) is 9.17. The Morgan fingerprint density at radius 1 is 0.447 bits per heavy atom. The molecule has 0 saturated carbocycles. The molecule has 1 rings (SSSR count). The van der Waals surface area contributed by atoms with Crippen molar-refractivity contribution in [3.05, 3.63) is 0 Å². The minimum atomic E-state index is -0.337. The van der Waals surface area contributed by atoms with E-state index in [-0.39, 0.29) is 5.72 Å². The standard InChI is InChI=1S/C36H73NO/c1-4-6-8-10-12-14-16-18-20-22-24-26-28-30-32-34(35-36(3,37)38-35)33-31-29-27-25-23-21-19-17-15-13-11-9-7-5-2/h34-35H,4-33,37H2,1-3H3. The summed E-state index contributed by atoms with van der Waals surface area (Å²) in [5.41, 5.74) is 5.95. The first kappa shape index (κ1) is 35.9. The van der Waals surface area contributed by atoms with Crippen LogP contribution >= 0.6 is 0 Å². The van der Waals surface area contributed by atoms with Crippen LogP contribution < -0.4 is 5.73 Å². The number of epoxide rings is 1. The van der Waals surface area contributed by atoms with Gasteiger partial charge in [-0.2, -0.15) is 0 Å². The van der Waals surface area contributed by atoms with E-state index in [9.17, 15) is 0 Å². The first-order chi connectivity index (χ1) is 18.6. The second-order valence-electron chi connectivity index (χ2n) is 13.3. The fourth-order valence-electron chi connectivity index (χ4n) is 6.45. The summed E-state index contributed by atoms with van der Waals surface area (Å²) in [4.78, 5) is 0. The van der Waals surface area contributed by atoms with Crippen LogP contribution in [-0.4, -0.2) is 11.8 Å². The summed E-state index contributed by atoms with van der Waals surface area (Å²) in [6.45, 7) is 6.69. The number of hydrogen-bond acceptors (Lipinski definition) is 2. The molecule has 1 aliphatic rings. The van der Waals surface area contributed by atoms with Gasteiger partial charge in [0.2, 0.25) is 0 Å². The minimum absolute atomic E-state index is 0.325. The summed E-state index contributed by atoms with van der Waals surface area (Å²) < 4.78 is 5.88. The Bertz CT molecular complexity index is 444. The van der Waals surface area contributed by atoms with E-state index in [4.69, 9.17) is 10.5 Å². The maximum Gasteiger partial charge on any atom is 0.141 e. The van der Waals surface area contributed by atoms with Gasteiger partial charge in [-0.3, -0.25) is 0 Å². The Balaban J connectivity index is 1.92. The molecular weight excluding hydrogens is 462 g/mol. The maximum atomic E-state index is 6.29. The number of rotatable bonds is 31. The fourth-order valence-corrected chi connectivity index (χ4v) is 6.45. The predicted octanol–water partition coefficient (Wildman–Crippen LogP) is 12.4. The summed E-state index contributed by atoms with van der Waals surface area (Å²) >= 11 is 0. The lowest BCUT2D eigenvalue weighted by Crippen LogP contribution is -2.26. The highest BCUT2D eigenvalue weighted by molar-refractivity contribution is 4.97. The van der Waals surface area contributed by atoms with Gasteiger partial charge in [-0.1, -0.05) is 194 Å². The van der Waals surface area contributed by atoms with Crippen molar-refractivity contribution in [1.29, 1.82) is 0 Å². The maximum absolute atomic E-state index is 6.29. The van der Waals surface area contributed by atoms with Crippen LogP contribution in [0.3, 0.4) is 0 Å². The highest BCUT2D eigenvalue weighted by Gasteiger charge is 2.52. The molecule has 0 bridgehead atoms. The van der Waals surface area contributed by atoms with E-state index in [1.54, 1.807) is 0 Å². The molecule has 2 atom stereocenters. The Labute approximate surface area is 241 Å². The van der Waals surface area contributed by atoms with Crippen LogP contribution in [0.5, 0.6) is 0 Å². The smallest absolute Gasteiger partial charge is 0.141 e. The lowest BCUT2D eigenvalue weighted by Gasteiger charge is -2.15. The van der Waals surface area contributed by atoms with E-state index in [0.717, 1.165) is 0 Å². The molecule has 2 unspecified atom stereocenters. The lowest BCUT2D eigenvalue weighted by molar-refractivity contribution is 0.267. The number of hydrogen-bond donors (Lipinski definition) is 1. The molecule has 0 amide bonds. The van der Waals surface area contributed by atoms with E-state index in [1.165, 1.54) is 193 Å². The number of nitrogens with two attached hydrogens (primary N) is 1. The molecule has 0 aromatic rings. The van der Waals surface area contributed by atoms with Crippen molar-refractivity contribution >= 4 is 0 Å². The fraction of sp³-hybridized carbons (Fsp3) is 1.00. The third-order valence-electron chi connectivity index (χ3n) is 9.17. The molecule has 38 heavy (non-hydrogen) atoms. The molecule has 2 heteroatoms. The van der Waals surface area contributed by atoms with Gasteiger partial charge >= 0.3 is 0 Å². The zero-order valence-electron chi connectivity index (χ0n) is 26.9. The molecule has 1 fully saturated rings. The first-order valence-electron chi connectivity index (χ1n) is 18.1. The van der Waals surface area contributed by atoms with Gasteiger partial charge in [0.1, 0.15) is 11.8 Å². The van der Waals surface area contributed by atoms with Crippen LogP contribution in [0, 0.1) is 5.92 Å². The van der Waals surface area contributed by atoms with Crippen LogP contribution in [0.1, 0.15) is 213 Å². The van der Waals surface area contributed by atoms with Crippen molar-refractivity contribution < 1.29 is 4.74 Å². The molecule has 1 heterocycles. The van der Waals surface area contributed by atoms with E-state index in [2.05, 4.69) is 20.8 Å². The Kier molecular flexibility index (Phi) is 24.5. The van der Waals surface area contributed by atoms with Crippen molar-refractivity contribution in [2.75, 3.05) is 0 Å². The largest absolute Gasteiger partial charge is 0.350 e. The molecule has 0 radical (unpaired) electrons. The van der Waals surface area contributed by atoms with Crippen molar-refractivity contribution in [1.82, 2.24) is 0 Å². The van der Waals surface area contributed by atoms with E-state index in [0.29, 0.717) is 12.0 Å². The van der Waals surface area contributed by atoms with Crippen molar-refractivity contribution in [2.24, 2.45) is 11.7 Å². The van der Waals surface area contributed by atoms with Crippen molar-refractivity contribution in [3.63, 3.8) is 0 Å². The van der Waals surface area contributed by atoms with Gasteiger partial charge in [-0.25, -0.2) is 0 Å². The van der Waals surface area contributed by atoms with E-state index >= 15 is 0 Å².